The maximum absolute atomic E-state index is 13.4. The first-order valence-electron chi connectivity index (χ1n) is 12.0. The van der Waals surface area contributed by atoms with Crippen LogP contribution >= 0.6 is 0 Å². The van der Waals surface area contributed by atoms with E-state index in [0.717, 1.165) is 36.8 Å². The first kappa shape index (κ1) is 22.9. The van der Waals surface area contributed by atoms with Gasteiger partial charge in [-0.1, -0.05) is 47.9 Å². The highest BCUT2D eigenvalue weighted by Crippen LogP contribution is 2.39. The predicted molar refractivity (Wildman–Crippen MR) is 129 cm³/mol. The fraction of sp³-hybridized carbons (Fsp3) is 0.385. The van der Waals surface area contributed by atoms with E-state index in [4.69, 9.17) is 14.2 Å². The summed E-state index contributed by atoms with van der Waals surface area (Å²) in [5, 5.41) is 15.2. The zero-order valence-corrected chi connectivity index (χ0v) is 19.9. The third-order valence-corrected chi connectivity index (χ3v) is 6.50. The summed E-state index contributed by atoms with van der Waals surface area (Å²) in [5.74, 6) is 1.28. The van der Waals surface area contributed by atoms with E-state index in [1.165, 1.54) is 6.42 Å². The second-order valence-electron chi connectivity index (χ2n) is 8.86. The lowest BCUT2D eigenvalue weighted by Crippen LogP contribution is -2.32. The van der Waals surface area contributed by atoms with Gasteiger partial charge in [0.1, 0.15) is 18.8 Å². The molecule has 1 aliphatic heterocycles. The molecule has 3 aromatic rings. The predicted octanol–water partition coefficient (Wildman–Crippen LogP) is 4.43. The molecular weight excluding hydrogens is 446 g/mol. The Morgan fingerprint density at radius 2 is 1.89 bits per heavy atom. The lowest BCUT2D eigenvalue weighted by Gasteiger charge is -2.29. The normalized spacial score (nSPS) is 17.9. The monoisotopic (exact) mass is 475 g/mol. The van der Waals surface area contributed by atoms with E-state index in [9.17, 15) is 4.79 Å². The molecule has 2 heterocycles. The van der Waals surface area contributed by atoms with Gasteiger partial charge in [-0.05, 0) is 66.3 Å². The number of hydrogen-bond acceptors (Lipinski definition) is 8. The van der Waals surface area contributed by atoms with Crippen LogP contribution < -0.4 is 14.8 Å². The number of esters is 1. The van der Waals surface area contributed by atoms with Gasteiger partial charge in [0, 0.05) is 5.70 Å². The summed E-state index contributed by atoms with van der Waals surface area (Å²) in [6.45, 7) is 2.26. The Morgan fingerprint density at radius 1 is 1.09 bits per heavy atom. The van der Waals surface area contributed by atoms with Crippen LogP contribution in [0.3, 0.4) is 0 Å². The number of carbonyl (C=O) groups is 1. The number of nitrogens with one attached hydrogen (secondary N) is 1. The van der Waals surface area contributed by atoms with Crippen LogP contribution in [0.4, 0.5) is 5.95 Å². The van der Waals surface area contributed by atoms with Crippen LogP contribution in [0.5, 0.6) is 11.5 Å². The molecule has 182 valence electrons. The molecule has 35 heavy (non-hydrogen) atoms. The molecule has 1 saturated carbocycles. The number of aromatic nitrogens is 4. The molecule has 0 spiro atoms. The molecule has 2 aromatic carbocycles. The van der Waals surface area contributed by atoms with Crippen molar-refractivity contribution in [3.05, 3.63) is 70.9 Å². The summed E-state index contributed by atoms with van der Waals surface area (Å²) in [5.41, 5.74) is 3.00. The molecule has 1 aliphatic carbocycles. The zero-order valence-electron chi connectivity index (χ0n) is 19.9. The Balaban J connectivity index is 1.45. The lowest BCUT2D eigenvalue weighted by atomic mass is 9.94. The standard InChI is InChI=1S/C26H29N5O4/c1-17-23(25(32)35-20-11-7-4-8-12-20)24(31-26(27-17)28-29-30-31)19-13-14-21(22(15-19)33-2)34-16-18-9-5-3-6-10-18/h3,5-6,9-10,13-15,20,24H,4,7-8,11-12,16H2,1-2H3,(H,27,28,30). The number of fused-ring (bicyclic) bond motifs is 1. The number of methoxy groups -OCH3 is 1. The molecule has 0 bridgehead atoms. The second-order valence-corrected chi connectivity index (χ2v) is 8.86. The summed E-state index contributed by atoms with van der Waals surface area (Å²) in [7, 11) is 1.60. The number of tetrazole rings is 1. The number of anilines is 1. The molecule has 0 saturated heterocycles. The fourth-order valence-electron chi connectivity index (χ4n) is 4.69. The van der Waals surface area contributed by atoms with E-state index < -0.39 is 6.04 Å². The highest BCUT2D eigenvalue weighted by atomic mass is 16.5. The third-order valence-electron chi connectivity index (χ3n) is 6.50. The van der Waals surface area contributed by atoms with Crippen LogP contribution in [0.2, 0.25) is 0 Å². The van der Waals surface area contributed by atoms with E-state index >= 15 is 0 Å². The van der Waals surface area contributed by atoms with E-state index in [-0.39, 0.29) is 12.1 Å². The molecule has 9 nitrogen and oxygen atoms in total. The molecule has 0 radical (unpaired) electrons. The third kappa shape index (κ3) is 4.84. The highest BCUT2D eigenvalue weighted by Gasteiger charge is 2.36. The first-order valence-corrected chi connectivity index (χ1v) is 12.0. The summed E-state index contributed by atoms with van der Waals surface area (Å²) in [4.78, 5) is 13.4. The smallest absolute Gasteiger partial charge is 0.338 e. The topological polar surface area (TPSA) is 100 Å². The van der Waals surface area contributed by atoms with Gasteiger partial charge in [-0.25, -0.2) is 4.79 Å². The van der Waals surface area contributed by atoms with Gasteiger partial charge in [0.2, 0.25) is 5.95 Å². The zero-order chi connectivity index (χ0) is 24.2. The van der Waals surface area contributed by atoms with E-state index in [1.807, 2.05) is 55.5 Å². The van der Waals surface area contributed by atoms with Crippen molar-refractivity contribution in [2.75, 3.05) is 12.4 Å². The molecule has 2 aliphatic rings. The highest BCUT2D eigenvalue weighted by molar-refractivity contribution is 5.92. The first-order chi connectivity index (χ1) is 17.1. The average molecular weight is 476 g/mol. The van der Waals surface area contributed by atoms with E-state index in [2.05, 4.69) is 20.8 Å². The van der Waals surface area contributed by atoms with Crippen molar-refractivity contribution in [3.63, 3.8) is 0 Å². The van der Waals surface area contributed by atoms with Crippen LogP contribution in [-0.4, -0.2) is 39.4 Å². The van der Waals surface area contributed by atoms with Crippen molar-refractivity contribution in [2.24, 2.45) is 0 Å². The van der Waals surface area contributed by atoms with Crippen molar-refractivity contribution < 1.29 is 19.0 Å². The van der Waals surface area contributed by atoms with Crippen LogP contribution in [0, 0.1) is 0 Å². The molecule has 1 unspecified atom stereocenters. The number of allylic oxidation sites excluding steroid dienone is 1. The Morgan fingerprint density at radius 3 is 2.66 bits per heavy atom. The Hall–Kier alpha value is -3.88. The number of hydrogen-bond donors (Lipinski definition) is 1. The second kappa shape index (κ2) is 10.2. The number of carbonyl (C=O) groups excluding carboxylic acids is 1. The van der Waals surface area contributed by atoms with Crippen molar-refractivity contribution in [2.45, 2.75) is 57.8 Å². The van der Waals surface area contributed by atoms with Gasteiger partial charge in [-0.3, -0.25) is 0 Å². The average Bonchev–Trinajstić information content (AvgIpc) is 3.35. The van der Waals surface area contributed by atoms with Gasteiger partial charge in [0.25, 0.3) is 0 Å². The van der Waals surface area contributed by atoms with Gasteiger partial charge in [-0.15, -0.1) is 0 Å². The fourth-order valence-corrected chi connectivity index (χ4v) is 4.69. The SMILES string of the molecule is COc1cc(C2C(C(=O)OC3CCCCC3)=C(C)Nc3nnnn32)ccc1OCc1ccccc1. The number of rotatable bonds is 7. The van der Waals surface area contributed by atoms with Crippen molar-refractivity contribution in [1.29, 1.82) is 0 Å². The van der Waals surface area contributed by atoms with Gasteiger partial charge >= 0.3 is 5.97 Å². The number of nitrogens with zero attached hydrogens (tertiary/aromatic N) is 4. The quantitative estimate of drug-likeness (QED) is 0.501. The largest absolute Gasteiger partial charge is 0.493 e. The van der Waals surface area contributed by atoms with Gasteiger partial charge in [0.15, 0.2) is 11.5 Å². The summed E-state index contributed by atoms with van der Waals surface area (Å²) >= 11 is 0. The van der Waals surface area contributed by atoms with Crippen LogP contribution in [0.15, 0.2) is 59.8 Å². The van der Waals surface area contributed by atoms with Crippen LogP contribution in [-0.2, 0) is 16.1 Å². The number of benzene rings is 2. The minimum atomic E-state index is -0.561. The minimum absolute atomic E-state index is 0.0595. The van der Waals surface area contributed by atoms with Crippen molar-refractivity contribution in [3.8, 4) is 11.5 Å². The maximum atomic E-state index is 13.4. The van der Waals surface area contributed by atoms with Gasteiger partial charge in [-0.2, -0.15) is 4.68 Å². The van der Waals surface area contributed by atoms with E-state index in [1.54, 1.807) is 11.8 Å². The van der Waals surface area contributed by atoms with Crippen LogP contribution in [0.25, 0.3) is 0 Å². The summed E-state index contributed by atoms with van der Waals surface area (Å²) < 4.78 is 19.2. The Bertz CT molecular complexity index is 1220. The molecule has 1 atom stereocenters. The van der Waals surface area contributed by atoms with Crippen molar-refractivity contribution in [1.82, 2.24) is 20.2 Å². The van der Waals surface area contributed by atoms with Gasteiger partial charge in [0.05, 0.1) is 12.7 Å². The molecular formula is C26H29N5O4. The molecule has 9 heteroatoms. The maximum Gasteiger partial charge on any atom is 0.338 e. The Labute approximate surface area is 204 Å². The molecule has 1 fully saturated rings. The summed E-state index contributed by atoms with van der Waals surface area (Å²) in [6, 6.07) is 15.0. The Kier molecular flexibility index (Phi) is 6.65. The molecule has 0 amide bonds. The molecule has 1 N–H and O–H groups in total. The summed E-state index contributed by atoms with van der Waals surface area (Å²) in [6.07, 6.45) is 5.08. The van der Waals surface area contributed by atoms with Gasteiger partial charge < -0.3 is 19.5 Å². The molecule has 5 rings (SSSR count). The van der Waals surface area contributed by atoms with E-state index in [0.29, 0.717) is 35.3 Å². The minimum Gasteiger partial charge on any atom is -0.493 e. The number of ether oxygens (including phenoxy) is 3. The lowest BCUT2D eigenvalue weighted by molar-refractivity contribution is -0.146. The molecule has 1 aromatic heterocycles. The van der Waals surface area contributed by atoms with Crippen LogP contribution in [0.1, 0.15) is 56.2 Å². The van der Waals surface area contributed by atoms with Crippen molar-refractivity contribution >= 4 is 11.9 Å².